The molecule has 4 heteroatoms. The third-order valence-electron chi connectivity index (χ3n) is 3.52. The summed E-state index contributed by atoms with van der Waals surface area (Å²) >= 11 is 1.74. The van der Waals surface area contributed by atoms with Crippen LogP contribution in [0.25, 0.3) is 0 Å². The molecule has 3 atom stereocenters. The number of nitrogens with two attached hydrogens (primary N) is 1. The standard InChI is InChI=1S/C14H20N2OS/c1-10(8-13-4-3-7-18-13)16(2)14(17)11-5-6-12(15)9-11/h3-7,10-12H,8-9,15H2,1-2H3. The second-order valence-electron chi connectivity index (χ2n) is 4.97. The van der Waals surface area contributed by atoms with Crippen LogP contribution >= 0.6 is 11.3 Å². The molecule has 1 aliphatic carbocycles. The Morgan fingerprint density at radius 2 is 2.39 bits per heavy atom. The van der Waals surface area contributed by atoms with Crippen molar-refractivity contribution in [2.24, 2.45) is 11.7 Å². The summed E-state index contributed by atoms with van der Waals surface area (Å²) in [6.07, 6.45) is 5.54. The summed E-state index contributed by atoms with van der Waals surface area (Å²) in [6, 6.07) is 4.43. The predicted molar refractivity (Wildman–Crippen MR) is 75.5 cm³/mol. The minimum atomic E-state index is -0.0317. The Hall–Kier alpha value is -1.13. The molecule has 0 spiro atoms. The smallest absolute Gasteiger partial charge is 0.229 e. The molecule has 0 radical (unpaired) electrons. The molecule has 0 bridgehead atoms. The Balaban J connectivity index is 1.92. The van der Waals surface area contributed by atoms with E-state index in [2.05, 4.69) is 18.4 Å². The molecule has 3 nitrogen and oxygen atoms in total. The van der Waals surface area contributed by atoms with Gasteiger partial charge < -0.3 is 10.6 Å². The Labute approximate surface area is 112 Å². The van der Waals surface area contributed by atoms with Crippen LogP contribution in [0.3, 0.4) is 0 Å². The van der Waals surface area contributed by atoms with E-state index in [1.54, 1.807) is 11.3 Å². The number of carbonyl (C=O) groups excluding carboxylic acids is 1. The van der Waals surface area contributed by atoms with Crippen LogP contribution in [-0.2, 0) is 11.2 Å². The lowest BCUT2D eigenvalue weighted by Crippen LogP contribution is -2.40. The molecule has 0 aromatic carbocycles. The monoisotopic (exact) mass is 264 g/mol. The van der Waals surface area contributed by atoms with Gasteiger partial charge in [-0.15, -0.1) is 11.3 Å². The van der Waals surface area contributed by atoms with Gasteiger partial charge in [-0.1, -0.05) is 18.2 Å². The molecule has 98 valence electrons. The highest BCUT2D eigenvalue weighted by Crippen LogP contribution is 2.21. The Morgan fingerprint density at radius 1 is 1.61 bits per heavy atom. The zero-order chi connectivity index (χ0) is 13.1. The zero-order valence-corrected chi connectivity index (χ0v) is 11.7. The number of thiophene rings is 1. The Kier molecular flexibility index (Phi) is 4.19. The summed E-state index contributed by atoms with van der Waals surface area (Å²) in [4.78, 5) is 15.5. The number of hydrogen-bond donors (Lipinski definition) is 1. The van der Waals surface area contributed by atoms with Crippen LogP contribution in [0.1, 0.15) is 18.2 Å². The van der Waals surface area contributed by atoms with E-state index >= 15 is 0 Å². The number of nitrogens with zero attached hydrogens (tertiary/aromatic N) is 1. The van der Waals surface area contributed by atoms with Gasteiger partial charge in [-0.3, -0.25) is 4.79 Å². The van der Waals surface area contributed by atoms with Gasteiger partial charge in [0.15, 0.2) is 0 Å². The van der Waals surface area contributed by atoms with Crippen LogP contribution in [0.4, 0.5) is 0 Å². The number of hydrogen-bond acceptors (Lipinski definition) is 3. The molecule has 3 unspecified atom stereocenters. The van der Waals surface area contributed by atoms with E-state index in [-0.39, 0.29) is 23.9 Å². The van der Waals surface area contributed by atoms with Crippen molar-refractivity contribution < 1.29 is 4.79 Å². The fourth-order valence-electron chi connectivity index (χ4n) is 2.25. The molecule has 2 N–H and O–H groups in total. The zero-order valence-electron chi connectivity index (χ0n) is 10.9. The highest BCUT2D eigenvalue weighted by Gasteiger charge is 2.27. The lowest BCUT2D eigenvalue weighted by Gasteiger charge is -2.27. The van der Waals surface area contributed by atoms with Gasteiger partial charge >= 0.3 is 0 Å². The van der Waals surface area contributed by atoms with Crippen LogP contribution in [0.2, 0.25) is 0 Å². The van der Waals surface area contributed by atoms with Crippen LogP contribution < -0.4 is 5.73 Å². The van der Waals surface area contributed by atoms with Crippen molar-refractivity contribution in [3.8, 4) is 0 Å². The average Bonchev–Trinajstić information content (AvgIpc) is 2.98. The van der Waals surface area contributed by atoms with Crippen molar-refractivity contribution in [2.75, 3.05) is 7.05 Å². The molecule has 1 aromatic heterocycles. The lowest BCUT2D eigenvalue weighted by molar-refractivity contribution is -0.134. The summed E-state index contributed by atoms with van der Waals surface area (Å²) in [5.74, 6) is 0.152. The Morgan fingerprint density at radius 3 is 2.94 bits per heavy atom. The van der Waals surface area contributed by atoms with E-state index in [4.69, 9.17) is 5.73 Å². The van der Waals surface area contributed by atoms with Crippen molar-refractivity contribution >= 4 is 17.2 Å². The number of likely N-dealkylation sites (N-methyl/N-ethyl adjacent to an activating group) is 1. The number of amides is 1. The summed E-state index contributed by atoms with van der Waals surface area (Å²) in [6.45, 7) is 2.09. The van der Waals surface area contributed by atoms with Gasteiger partial charge in [0.05, 0.1) is 5.92 Å². The number of carbonyl (C=O) groups is 1. The van der Waals surface area contributed by atoms with Gasteiger partial charge in [0.1, 0.15) is 0 Å². The molecule has 2 rings (SSSR count). The van der Waals surface area contributed by atoms with Crippen LogP contribution in [-0.4, -0.2) is 29.9 Å². The third-order valence-corrected chi connectivity index (χ3v) is 4.42. The van der Waals surface area contributed by atoms with Gasteiger partial charge in [-0.25, -0.2) is 0 Å². The van der Waals surface area contributed by atoms with Crippen molar-refractivity contribution in [2.45, 2.75) is 31.8 Å². The van der Waals surface area contributed by atoms with E-state index in [9.17, 15) is 4.79 Å². The van der Waals surface area contributed by atoms with E-state index in [1.165, 1.54) is 4.88 Å². The first-order valence-electron chi connectivity index (χ1n) is 6.31. The van der Waals surface area contributed by atoms with Gasteiger partial charge in [-0.05, 0) is 24.8 Å². The second kappa shape index (κ2) is 5.67. The first-order valence-corrected chi connectivity index (χ1v) is 7.19. The van der Waals surface area contributed by atoms with Crippen molar-refractivity contribution in [1.29, 1.82) is 0 Å². The van der Waals surface area contributed by atoms with E-state index in [0.717, 1.165) is 12.8 Å². The highest BCUT2D eigenvalue weighted by molar-refractivity contribution is 7.09. The maximum atomic E-state index is 12.3. The molecule has 0 aliphatic heterocycles. The highest BCUT2D eigenvalue weighted by atomic mass is 32.1. The van der Waals surface area contributed by atoms with E-state index in [1.807, 2.05) is 30.2 Å². The SMILES string of the molecule is CC(Cc1cccs1)N(C)C(=O)C1C=CC(N)C1. The second-order valence-corrected chi connectivity index (χ2v) is 6.00. The molecule has 1 aliphatic rings. The van der Waals surface area contributed by atoms with Crippen LogP contribution in [0, 0.1) is 5.92 Å². The van der Waals surface area contributed by atoms with Gasteiger partial charge in [0.2, 0.25) is 5.91 Å². The van der Waals surface area contributed by atoms with Crippen molar-refractivity contribution in [1.82, 2.24) is 4.90 Å². The average molecular weight is 264 g/mol. The van der Waals surface area contributed by atoms with E-state index in [0.29, 0.717) is 0 Å². The molecule has 1 heterocycles. The Bertz CT molecular complexity index is 427. The normalized spacial score (nSPS) is 24.2. The minimum Gasteiger partial charge on any atom is -0.342 e. The molecule has 0 saturated heterocycles. The van der Waals surface area contributed by atoms with Crippen LogP contribution in [0.5, 0.6) is 0 Å². The fraction of sp³-hybridized carbons (Fsp3) is 0.500. The lowest BCUT2D eigenvalue weighted by atomic mass is 10.0. The van der Waals surface area contributed by atoms with Crippen LogP contribution in [0.15, 0.2) is 29.7 Å². The topological polar surface area (TPSA) is 46.3 Å². The first-order chi connectivity index (χ1) is 8.58. The fourth-order valence-corrected chi connectivity index (χ4v) is 3.07. The molecular weight excluding hydrogens is 244 g/mol. The maximum Gasteiger partial charge on any atom is 0.229 e. The summed E-state index contributed by atoms with van der Waals surface area (Å²) in [7, 11) is 1.89. The van der Waals surface area contributed by atoms with E-state index < -0.39 is 0 Å². The summed E-state index contributed by atoms with van der Waals surface area (Å²) < 4.78 is 0. The third kappa shape index (κ3) is 3.00. The summed E-state index contributed by atoms with van der Waals surface area (Å²) in [5, 5.41) is 2.07. The largest absolute Gasteiger partial charge is 0.342 e. The molecule has 0 fully saturated rings. The van der Waals surface area contributed by atoms with Gasteiger partial charge in [-0.2, -0.15) is 0 Å². The molecular formula is C14H20N2OS. The quantitative estimate of drug-likeness (QED) is 0.846. The van der Waals surface area contributed by atoms with Crippen molar-refractivity contribution in [3.63, 3.8) is 0 Å². The summed E-state index contributed by atoms with van der Waals surface area (Å²) in [5.41, 5.74) is 5.79. The molecule has 1 amide bonds. The van der Waals surface area contributed by atoms with Gasteiger partial charge in [0, 0.05) is 30.4 Å². The van der Waals surface area contributed by atoms with Crippen molar-refractivity contribution in [3.05, 3.63) is 34.5 Å². The molecule has 18 heavy (non-hydrogen) atoms. The first kappa shape index (κ1) is 13.3. The molecule has 0 saturated carbocycles. The predicted octanol–water partition coefficient (Wildman–Crippen LogP) is 2.04. The maximum absolute atomic E-state index is 12.3. The van der Waals surface area contributed by atoms with Gasteiger partial charge in [0.25, 0.3) is 0 Å². The molecule has 1 aromatic rings. The minimum absolute atomic E-state index is 0.0317. The number of rotatable bonds is 4.